The van der Waals surface area contributed by atoms with E-state index in [2.05, 4.69) is 15.3 Å². The molecule has 0 aliphatic carbocycles. The van der Waals surface area contributed by atoms with Crippen molar-refractivity contribution in [3.63, 3.8) is 0 Å². The van der Waals surface area contributed by atoms with Gasteiger partial charge in [-0.25, -0.2) is 0 Å². The van der Waals surface area contributed by atoms with E-state index < -0.39 is 0 Å². The zero-order chi connectivity index (χ0) is 19.6. The lowest BCUT2D eigenvalue weighted by Gasteiger charge is -2.05. The standard InChI is InChI=1S/C19H16N4O5S/c1-24-12-2-4-13(5-3-12)26-10-18-22-23-17(20-21-19(23)29-18)9-25-14-6-7-15-16(8-14)28-11-27-15/h2-8H,9-11H2,1H3. The van der Waals surface area contributed by atoms with Crippen LogP contribution >= 0.6 is 11.3 Å². The van der Waals surface area contributed by atoms with Gasteiger partial charge in [0.2, 0.25) is 11.8 Å². The Morgan fingerprint density at radius 2 is 1.69 bits per heavy atom. The first kappa shape index (κ1) is 17.6. The summed E-state index contributed by atoms with van der Waals surface area (Å²) in [5.41, 5.74) is 0. The fourth-order valence-electron chi connectivity index (χ4n) is 2.78. The normalized spacial score (nSPS) is 12.3. The summed E-state index contributed by atoms with van der Waals surface area (Å²) in [5.74, 6) is 4.16. The second-order valence-electron chi connectivity index (χ2n) is 6.07. The Morgan fingerprint density at radius 1 is 0.931 bits per heavy atom. The Kier molecular flexibility index (Phi) is 4.53. The zero-order valence-electron chi connectivity index (χ0n) is 15.4. The van der Waals surface area contributed by atoms with Crippen molar-refractivity contribution in [1.29, 1.82) is 0 Å². The fraction of sp³-hybridized carbons (Fsp3) is 0.211. The van der Waals surface area contributed by atoms with Crippen LogP contribution in [0.5, 0.6) is 28.7 Å². The summed E-state index contributed by atoms with van der Waals surface area (Å²) in [5, 5.41) is 13.6. The molecule has 1 aliphatic rings. The van der Waals surface area contributed by atoms with Gasteiger partial charge in [-0.05, 0) is 36.4 Å². The van der Waals surface area contributed by atoms with Crippen molar-refractivity contribution in [2.75, 3.05) is 13.9 Å². The lowest BCUT2D eigenvalue weighted by Crippen LogP contribution is -2.03. The summed E-state index contributed by atoms with van der Waals surface area (Å²) in [7, 11) is 1.63. The summed E-state index contributed by atoms with van der Waals surface area (Å²) in [6.07, 6.45) is 0. The summed E-state index contributed by atoms with van der Waals surface area (Å²) < 4.78 is 29.1. The molecule has 9 nitrogen and oxygen atoms in total. The average molecular weight is 412 g/mol. The van der Waals surface area contributed by atoms with Crippen molar-refractivity contribution in [3.05, 3.63) is 53.3 Å². The molecule has 0 saturated carbocycles. The van der Waals surface area contributed by atoms with Crippen LogP contribution in [0.2, 0.25) is 0 Å². The SMILES string of the molecule is COc1ccc(OCc2nn3c(COc4ccc5c(c4)OCO5)nnc3s2)cc1. The van der Waals surface area contributed by atoms with E-state index in [9.17, 15) is 0 Å². The molecule has 0 fully saturated rings. The van der Waals surface area contributed by atoms with Crippen LogP contribution in [0.4, 0.5) is 0 Å². The molecule has 2 aromatic heterocycles. The predicted molar refractivity (Wildman–Crippen MR) is 103 cm³/mol. The number of benzene rings is 2. The van der Waals surface area contributed by atoms with Crippen LogP contribution < -0.4 is 23.7 Å². The number of hydrogen-bond acceptors (Lipinski definition) is 9. The van der Waals surface area contributed by atoms with E-state index in [0.29, 0.717) is 34.6 Å². The minimum absolute atomic E-state index is 0.226. The van der Waals surface area contributed by atoms with Gasteiger partial charge in [-0.3, -0.25) is 0 Å². The maximum absolute atomic E-state index is 5.81. The number of aromatic nitrogens is 4. The molecule has 10 heteroatoms. The van der Waals surface area contributed by atoms with Crippen LogP contribution in [0.1, 0.15) is 10.8 Å². The third kappa shape index (κ3) is 3.61. The van der Waals surface area contributed by atoms with Crippen LogP contribution in [-0.4, -0.2) is 33.7 Å². The number of nitrogens with zero attached hydrogens (tertiary/aromatic N) is 4. The first-order valence-corrected chi connectivity index (χ1v) is 9.59. The quantitative estimate of drug-likeness (QED) is 0.458. The number of ether oxygens (including phenoxy) is 5. The van der Waals surface area contributed by atoms with Crippen molar-refractivity contribution in [1.82, 2.24) is 19.8 Å². The highest BCUT2D eigenvalue weighted by Gasteiger charge is 2.16. The first-order chi connectivity index (χ1) is 14.3. The Labute approximate surface area is 169 Å². The van der Waals surface area contributed by atoms with Gasteiger partial charge in [0.05, 0.1) is 7.11 Å². The van der Waals surface area contributed by atoms with E-state index in [1.807, 2.05) is 36.4 Å². The molecule has 4 aromatic rings. The summed E-state index contributed by atoms with van der Waals surface area (Å²) in [6.45, 7) is 0.788. The zero-order valence-corrected chi connectivity index (χ0v) is 16.2. The van der Waals surface area contributed by atoms with Crippen molar-refractivity contribution in [2.45, 2.75) is 13.2 Å². The average Bonchev–Trinajstić information content (AvgIpc) is 3.46. The van der Waals surface area contributed by atoms with E-state index in [4.69, 9.17) is 23.7 Å². The molecule has 2 aromatic carbocycles. The fourth-order valence-corrected chi connectivity index (χ4v) is 3.54. The highest BCUT2D eigenvalue weighted by molar-refractivity contribution is 7.16. The van der Waals surface area contributed by atoms with Crippen LogP contribution in [-0.2, 0) is 13.2 Å². The van der Waals surface area contributed by atoms with Crippen molar-refractivity contribution in [3.8, 4) is 28.7 Å². The molecule has 0 N–H and O–H groups in total. The van der Waals surface area contributed by atoms with E-state index in [-0.39, 0.29) is 13.4 Å². The molecule has 0 unspecified atom stereocenters. The van der Waals surface area contributed by atoms with E-state index in [1.165, 1.54) is 11.3 Å². The molecule has 0 radical (unpaired) electrons. The van der Waals surface area contributed by atoms with Gasteiger partial charge >= 0.3 is 0 Å². The Bertz CT molecular complexity index is 1140. The molecule has 0 bridgehead atoms. The minimum atomic E-state index is 0.226. The van der Waals surface area contributed by atoms with Gasteiger partial charge < -0.3 is 23.7 Å². The van der Waals surface area contributed by atoms with Gasteiger partial charge in [-0.2, -0.15) is 9.61 Å². The van der Waals surface area contributed by atoms with Gasteiger partial charge in [-0.15, -0.1) is 10.2 Å². The molecule has 29 heavy (non-hydrogen) atoms. The molecule has 0 saturated heterocycles. The molecular formula is C19H16N4O5S. The van der Waals surface area contributed by atoms with Crippen LogP contribution in [0, 0.1) is 0 Å². The lowest BCUT2D eigenvalue weighted by atomic mass is 10.3. The summed E-state index contributed by atoms with van der Waals surface area (Å²) in [6, 6.07) is 12.8. The van der Waals surface area contributed by atoms with Gasteiger partial charge in [0, 0.05) is 6.07 Å². The first-order valence-electron chi connectivity index (χ1n) is 8.78. The molecular weight excluding hydrogens is 396 g/mol. The second kappa shape index (κ2) is 7.47. The number of rotatable bonds is 7. The summed E-state index contributed by atoms with van der Waals surface area (Å²) >= 11 is 1.42. The Balaban J connectivity index is 1.24. The smallest absolute Gasteiger partial charge is 0.234 e. The molecule has 0 amide bonds. The number of hydrogen-bond donors (Lipinski definition) is 0. The highest BCUT2D eigenvalue weighted by Crippen LogP contribution is 2.35. The third-order valence-corrected chi connectivity index (χ3v) is 5.10. The largest absolute Gasteiger partial charge is 0.497 e. The van der Waals surface area contributed by atoms with Gasteiger partial charge in [0.25, 0.3) is 0 Å². The van der Waals surface area contributed by atoms with Crippen molar-refractivity contribution in [2.24, 2.45) is 0 Å². The third-order valence-electron chi connectivity index (χ3n) is 4.23. The number of methoxy groups -OCH3 is 1. The molecule has 3 heterocycles. The van der Waals surface area contributed by atoms with Crippen LogP contribution in [0.3, 0.4) is 0 Å². The topological polar surface area (TPSA) is 89.2 Å². The van der Waals surface area contributed by atoms with Crippen LogP contribution in [0.25, 0.3) is 4.96 Å². The lowest BCUT2D eigenvalue weighted by molar-refractivity contribution is 0.173. The maximum Gasteiger partial charge on any atom is 0.234 e. The van der Waals surface area contributed by atoms with E-state index in [0.717, 1.165) is 16.5 Å². The van der Waals surface area contributed by atoms with Crippen molar-refractivity contribution < 1.29 is 23.7 Å². The number of fused-ring (bicyclic) bond motifs is 2. The molecule has 0 spiro atoms. The van der Waals surface area contributed by atoms with Gasteiger partial charge in [0.1, 0.15) is 30.5 Å². The van der Waals surface area contributed by atoms with Gasteiger partial charge in [-0.1, -0.05) is 11.3 Å². The highest BCUT2D eigenvalue weighted by atomic mass is 32.1. The molecule has 0 atom stereocenters. The molecule has 1 aliphatic heterocycles. The maximum atomic E-state index is 5.81. The second-order valence-corrected chi connectivity index (χ2v) is 7.11. The van der Waals surface area contributed by atoms with E-state index in [1.54, 1.807) is 17.7 Å². The molecule has 5 rings (SSSR count). The summed E-state index contributed by atoms with van der Waals surface area (Å²) in [4.78, 5) is 0.683. The van der Waals surface area contributed by atoms with Crippen LogP contribution in [0.15, 0.2) is 42.5 Å². The Morgan fingerprint density at radius 3 is 2.55 bits per heavy atom. The molecule has 148 valence electrons. The van der Waals surface area contributed by atoms with Crippen molar-refractivity contribution >= 4 is 16.3 Å². The van der Waals surface area contributed by atoms with Gasteiger partial charge in [0.15, 0.2) is 22.3 Å². The monoisotopic (exact) mass is 412 g/mol. The van der Waals surface area contributed by atoms with E-state index >= 15 is 0 Å². The minimum Gasteiger partial charge on any atom is -0.497 e. The Hall–Kier alpha value is -3.53. The predicted octanol–water partition coefficient (Wildman–Crippen LogP) is 3.08.